The van der Waals surface area contributed by atoms with Gasteiger partial charge in [-0.1, -0.05) is 72.8 Å². The highest BCUT2D eigenvalue weighted by atomic mass is 16.7. The summed E-state index contributed by atoms with van der Waals surface area (Å²) in [7, 11) is -0.376. The van der Waals surface area contributed by atoms with Crippen molar-refractivity contribution in [1.82, 2.24) is 4.57 Å². The van der Waals surface area contributed by atoms with E-state index in [1.165, 1.54) is 33.1 Å². The molecule has 0 N–H and O–H groups in total. The van der Waals surface area contributed by atoms with E-state index in [-0.39, 0.29) is 18.3 Å². The molecule has 2 heterocycles. The average molecular weight is 447 g/mol. The lowest BCUT2D eigenvalue weighted by molar-refractivity contribution is 0.00578. The lowest BCUT2D eigenvalue weighted by Gasteiger charge is -2.32. The van der Waals surface area contributed by atoms with Gasteiger partial charge in [0.25, 0.3) is 0 Å². The molecule has 4 heteroatoms. The van der Waals surface area contributed by atoms with E-state index in [9.17, 15) is 0 Å². The molecular weight excluding hydrogens is 417 g/mol. The number of hydrogen-bond acceptors (Lipinski definition) is 2. The molecule has 1 aliphatic heterocycles. The first-order chi connectivity index (χ1) is 16.4. The van der Waals surface area contributed by atoms with Crippen molar-refractivity contribution in [2.75, 3.05) is 0 Å². The van der Waals surface area contributed by atoms with Gasteiger partial charge in [-0.25, -0.2) is 0 Å². The van der Waals surface area contributed by atoms with Gasteiger partial charge in [-0.2, -0.15) is 0 Å². The maximum Gasteiger partial charge on any atom is 0.494 e. The van der Waals surface area contributed by atoms with Gasteiger partial charge in [0.2, 0.25) is 0 Å². The molecule has 6 rings (SSSR count). The number of aromatic nitrogens is 1. The van der Waals surface area contributed by atoms with E-state index in [1.807, 2.05) is 0 Å². The Morgan fingerprint density at radius 1 is 0.824 bits per heavy atom. The standard InChI is InChI=1S/C30H30BNO2/c1-29(2)30(3,4)34-31(33-29)22-18-19-27-26(20-22)25-17-11-16-24(21-12-7-5-8-13-21)28(25)32(27)23-14-9-6-10-15-23/h5-12,14-21H,13H2,1-4H3. The van der Waals surface area contributed by atoms with Crippen molar-refractivity contribution >= 4 is 34.4 Å². The molecule has 0 saturated carbocycles. The minimum absolute atomic E-state index is 0.362. The Balaban J connectivity index is 1.59. The zero-order valence-corrected chi connectivity index (χ0v) is 20.3. The summed E-state index contributed by atoms with van der Waals surface area (Å²) < 4.78 is 15.2. The average Bonchev–Trinajstić information content (AvgIpc) is 3.29. The highest BCUT2D eigenvalue weighted by Gasteiger charge is 2.51. The molecule has 1 aromatic heterocycles. The van der Waals surface area contributed by atoms with Crippen molar-refractivity contribution in [3.8, 4) is 5.69 Å². The Labute approximate surface area is 201 Å². The van der Waals surface area contributed by atoms with E-state index in [2.05, 4.69) is 123 Å². The third-order valence-electron chi connectivity index (χ3n) is 7.76. The monoisotopic (exact) mass is 447 g/mol. The molecule has 170 valence electrons. The number of allylic oxidation sites excluding steroid dienone is 4. The lowest BCUT2D eigenvalue weighted by Crippen LogP contribution is -2.41. The summed E-state index contributed by atoms with van der Waals surface area (Å²) in [4.78, 5) is 0. The van der Waals surface area contributed by atoms with Crippen molar-refractivity contribution in [1.29, 1.82) is 0 Å². The fourth-order valence-electron chi connectivity index (χ4n) is 5.19. The molecule has 1 atom stereocenters. The Kier molecular flexibility index (Phi) is 4.88. The van der Waals surface area contributed by atoms with Gasteiger partial charge in [-0.15, -0.1) is 0 Å². The van der Waals surface area contributed by atoms with Crippen LogP contribution in [0.15, 0.2) is 91.0 Å². The second kappa shape index (κ2) is 7.73. The predicted molar refractivity (Wildman–Crippen MR) is 142 cm³/mol. The normalized spacial score (nSPS) is 21.1. The molecule has 0 radical (unpaired) electrons. The summed E-state index contributed by atoms with van der Waals surface area (Å²) in [5.41, 5.74) is 5.34. The number of fused-ring (bicyclic) bond motifs is 3. The second-order valence-electron chi connectivity index (χ2n) is 10.4. The number of benzene rings is 3. The van der Waals surface area contributed by atoms with Crippen LogP contribution in [0.5, 0.6) is 0 Å². The quantitative estimate of drug-likeness (QED) is 0.327. The molecule has 0 bridgehead atoms. The van der Waals surface area contributed by atoms with Crippen molar-refractivity contribution in [3.63, 3.8) is 0 Å². The first-order valence-corrected chi connectivity index (χ1v) is 12.2. The van der Waals surface area contributed by atoms with Gasteiger partial charge < -0.3 is 13.9 Å². The molecule has 0 amide bonds. The summed E-state index contributed by atoms with van der Waals surface area (Å²) in [6, 6.07) is 24.0. The fraction of sp³-hybridized carbons (Fsp3) is 0.267. The van der Waals surface area contributed by atoms with Crippen molar-refractivity contribution in [2.24, 2.45) is 0 Å². The van der Waals surface area contributed by atoms with Crippen LogP contribution in [0.25, 0.3) is 27.5 Å². The summed E-state index contributed by atoms with van der Waals surface area (Å²) in [5.74, 6) is 0.364. The molecule has 3 nitrogen and oxygen atoms in total. The van der Waals surface area contributed by atoms with Crippen LogP contribution >= 0.6 is 0 Å². The van der Waals surface area contributed by atoms with Gasteiger partial charge in [0.1, 0.15) is 0 Å². The number of rotatable bonds is 3. The number of hydrogen-bond donors (Lipinski definition) is 0. The minimum atomic E-state index is -0.376. The fourth-order valence-corrected chi connectivity index (χ4v) is 5.19. The Morgan fingerprint density at radius 2 is 1.59 bits per heavy atom. The molecule has 2 aliphatic rings. The van der Waals surface area contributed by atoms with Crippen LogP contribution in [0.1, 0.15) is 45.6 Å². The summed E-state index contributed by atoms with van der Waals surface area (Å²) in [5, 5.41) is 2.49. The largest absolute Gasteiger partial charge is 0.494 e. The molecule has 1 unspecified atom stereocenters. The molecule has 1 fully saturated rings. The third kappa shape index (κ3) is 3.28. The zero-order valence-electron chi connectivity index (χ0n) is 20.3. The third-order valence-corrected chi connectivity index (χ3v) is 7.76. The van der Waals surface area contributed by atoms with E-state index in [4.69, 9.17) is 9.31 Å². The van der Waals surface area contributed by atoms with E-state index in [0.717, 1.165) is 11.9 Å². The summed E-state index contributed by atoms with van der Waals surface area (Å²) >= 11 is 0. The van der Waals surface area contributed by atoms with E-state index < -0.39 is 0 Å². The molecule has 34 heavy (non-hydrogen) atoms. The van der Waals surface area contributed by atoms with Crippen LogP contribution in [-0.4, -0.2) is 22.9 Å². The summed E-state index contributed by atoms with van der Waals surface area (Å²) in [6.07, 6.45) is 9.90. The molecule has 1 aliphatic carbocycles. The Morgan fingerprint density at radius 3 is 2.29 bits per heavy atom. The maximum atomic E-state index is 6.38. The van der Waals surface area contributed by atoms with Gasteiger partial charge in [0.15, 0.2) is 0 Å². The smallest absolute Gasteiger partial charge is 0.399 e. The molecule has 4 aromatic rings. The molecule has 3 aromatic carbocycles. The van der Waals surface area contributed by atoms with E-state index in [1.54, 1.807) is 0 Å². The molecule has 0 spiro atoms. The van der Waals surface area contributed by atoms with Crippen LogP contribution in [0.3, 0.4) is 0 Å². The predicted octanol–water partition coefficient (Wildman–Crippen LogP) is 6.68. The first-order valence-electron chi connectivity index (χ1n) is 12.2. The Bertz CT molecular complexity index is 1430. The zero-order chi connectivity index (χ0) is 23.5. The van der Waals surface area contributed by atoms with Gasteiger partial charge in [-0.3, -0.25) is 0 Å². The number of nitrogens with zero attached hydrogens (tertiary/aromatic N) is 1. The summed E-state index contributed by atoms with van der Waals surface area (Å²) in [6.45, 7) is 8.41. The van der Waals surface area contributed by atoms with Crippen LogP contribution in [0.2, 0.25) is 0 Å². The SMILES string of the molecule is CC1(C)OB(c2ccc3c(c2)c2cccc(C4C=CC=CC4)c2n3-c2ccccc2)OC1(C)C. The minimum Gasteiger partial charge on any atom is -0.399 e. The van der Waals surface area contributed by atoms with Gasteiger partial charge in [0, 0.05) is 22.4 Å². The van der Waals surface area contributed by atoms with Crippen LogP contribution in [0.4, 0.5) is 0 Å². The maximum absolute atomic E-state index is 6.38. The van der Waals surface area contributed by atoms with Gasteiger partial charge >= 0.3 is 7.12 Å². The van der Waals surface area contributed by atoms with Crippen LogP contribution in [-0.2, 0) is 9.31 Å². The molecular formula is C30H30BNO2. The van der Waals surface area contributed by atoms with Gasteiger partial charge in [-0.05, 0) is 63.3 Å². The first kappa shape index (κ1) is 21.5. The van der Waals surface area contributed by atoms with E-state index in [0.29, 0.717) is 5.92 Å². The molecule has 1 saturated heterocycles. The van der Waals surface area contributed by atoms with Crippen LogP contribution in [0, 0.1) is 0 Å². The second-order valence-corrected chi connectivity index (χ2v) is 10.4. The number of para-hydroxylation sites is 2. The lowest BCUT2D eigenvalue weighted by atomic mass is 9.78. The van der Waals surface area contributed by atoms with Gasteiger partial charge in [0.05, 0.1) is 22.2 Å². The highest BCUT2D eigenvalue weighted by Crippen LogP contribution is 2.40. The van der Waals surface area contributed by atoms with Crippen molar-refractivity contribution in [2.45, 2.75) is 51.2 Å². The van der Waals surface area contributed by atoms with Crippen molar-refractivity contribution < 1.29 is 9.31 Å². The topological polar surface area (TPSA) is 23.4 Å². The van der Waals surface area contributed by atoms with Crippen molar-refractivity contribution in [3.05, 3.63) is 96.6 Å². The van der Waals surface area contributed by atoms with E-state index >= 15 is 0 Å². The highest BCUT2D eigenvalue weighted by molar-refractivity contribution is 6.62. The van der Waals surface area contributed by atoms with Crippen LogP contribution < -0.4 is 5.46 Å². The Hall–Kier alpha value is -3.08.